The van der Waals surface area contributed by atoms with Gasteiger partial charge in [-0.05, 0) is 13.8 Å². The molecular weight excluding hydrogens is 138 g/mol. The molecule has 1 aromatic heterocycles. The van der Waals surface area contributed by atoms with Gasteiger partial charge in [-0.3, -0.25) is 5.10 Å². The normalized spacial score (nSPS) is 10.5. The maximum atomic E-state index is 4.11. The molecule has 0 amide bonds. The summed E-state index contributed by atoms with van der Waals surface area (Å²) in [7, 11) is 3.69. The minimum atomic E-state index is 1.03. The zero-order valence-electron chi connectivity index (χ0n) is 7.15. The maximum absolute atomic E-state index is 4.11. The lowest BCUT2D eigenvalue weighted by Gasteiger charge is -2.00. The first-order valence-electron chi connectivity index (χ1n) is 3.87. The average Bonchev–Trinajstić information content (AvgIpc) is 2.29. The second-order valence-electron chi connectivity index (χ2n) is 2.74. The molecule has 0 aliphatic carbocycles. The Labute approximate surface area is 67.2 Å². The Bertz CT molecular complexity index is 208. The van der Waals surface area contributed by atoms with Crippen molar-refractivity contribution in [2.45, 2.75) is 20.3 Å². The van der Waals surface area contributed by atoms with Crippen LogP contribution in [0.1, 0.15) is 17.0 Å². The molecular formula is C8H15N3. The van der Waals surface area contributed by atoms with Gasteiger partial charge in [0.05, 0.1) is 12.2 Å². The summed E-state index contributed by atoms with van der Waals surface area (Å²) >= 11 is 0. The molecule has 0 atom stereocenters. The summed E-state index contributed by atoms with van der Waals surface area (Å²) in [5.41, 5.74) is 3.64. The quantitative estimate of drug-likeness (QED) is 0.586. The highest BCUT2D eigenvalue weighted by molar-refractivity contribution is 5.22. The van der Waals surface area contributed by atoms with Gasteiger partial charge in [-0.1, -0.05) is 0 Å². The van der Waals surface area contributed by atoms with Crippen LogP contribution in [0.5, 0.6) is 0 Å². The van der Waals surface area contributed by atoms with Gasteiger partial charge in [0.25, 0.3) is 0 Å². The molecule has 0 fully saturated rings. The van der Waals surface area contributed by atoms with Gasteiger partial charge in [-0.15, -0.1) is 0 Å². The molecule has 11 heavy (non-hydrogen) atoms. The average molecular weight is 153 g/mol. The van der Waals surface area contributed by atoms with E-state index in [-0.39, 0.29) is 0 Å². The van der Waals surface area contributed by atoms with E-state index in [2.05, 4.69) is 24.2 Å². The Morgan fingerprint density at radius 3 is 2.73 bits per heavy atom. The summed E-state index contributed by atoms with van der Waals surface area (Å²) in [4.78, 5) is 0. The second-order valence-corrected chi connectivity index (χ2v) is 2.74. The van der Waals surface area contributed by atoms with Crippen molar-refractivity contribution in [1.29, 1.82) is 0 Å². The van der Waals surface area contributed by atoms with Crippen LogP contribution in [0.25, 0.3) is 0 Å². The van der Waals surface area contributed by atoms with E-state index >= 15 is 0 Å². The smallest absolute Gasteiger partial charge is 0.0628 e. The van der Waals surface area contributed by atoms with Gasteiger partial charge >= 0.3 is 0 Å². The molecule has 0 aliphatic rings. The minimum absolute atomic E-state index is 1.03. The molecule has 3 nitrogen and oxygen atoms in total. The molecule has 1 rings (SSSR count). The van der Waals surface area contributed by atoms with Crippen LogP contribution in [0.3, 0.4) is 0 Å². The van der Waals surface area contributed by atoms with Crippen LogP contribution < -0.4 is 5.32 Å². The number of aromatic amines is 1. The maximum Gasteiger partial charge on any atom is 0.0628 e. The summed E-state index contributed by atoms with van der Waals surface area (Å²) in [6, 6.07) is 0. The Hall–Kier alpha value is -0.830. The molecule has 0 radical (unpaired) electrons. The van der Waals surface area contributed by atoms with Crippen molar-refractivity contribution in [3.05, 3.63) is 24.0 Å². The van der Waals surface area contributed by atoms with Gasteiger partial charge in [0, 0.05) is 17.7 Å². The van der Waals surface area contributed by atoms with Crippen molar-refractivity contribution in [2.75, 3.05) is 6.54 Å². The first-order chi connectivity index (χ1) is 5.25. The van der Waals surface area contributed by atoms with E-state index < -0.39 is 0 Å². The Morgan fingerprint density at radius 2 is 2.27 bits per heavy atom. The van der Waals surface area contributed by atoms with Gasteiger partial charge < -0.3 is 5.32 Å². The number of aryl methyl sites for hydroxylation is 2. The topological polar surface area (TPSA) is 45.3 Å². The lowest BCUT2D eigenvalue weighted by atomic mass is 10.1. The largest absolute Gasteiger partial charge is 0.479 e. The fourth-order valence-electron chi connectivity index (χ4n) is 1.19. The number of nitrogens with two attached hydrogens (primary N) is 1. The molecule has 0 aliphatic heterocycles. The molecule has 1 heterocycles. The van der Waals surface area contributed by atoms with Gasteiger partial charge in [0.2, 0.25) is 0 Å². The highest BCUT2D eigenvalue weighted by atomic mass is 15.1. The van der Waals surface area contributed by atoms with E-state index in [9.17, 15) is 0 Å². The van der Waals surface area contributed by atoms with Crippen molar-refractivity contribution in [1.82, 2.24) is 10.2 Å². The van der Waals surface area contributed by atoms with Gasteiger partial charge in [-0.2, -0.15) is 12.1 Å². The van der Waals surface area contributed by atoms with E-state index in [1.165, 1.54) is 11.3 Å². The van der Waals surface area contributed by atoms with E-state index in [0.717, 1.165) is 18.7 Å². The molecule has 0 unspecified atom stereocenters. The molecule has 0 bridgehead atoms. The number of aromatic nitrogens is 2. The molecule has 3 heteroatoms. The first kappa shape index (κ1) is 8.27. The predicted octanol–water partition coefficient (Wildman–Crippen LogP) is -0.0760. The van der Waals surface area contributed by atoms with Crippen LogP contribution in [0.4, 0.5) is 0 Å². The van der Waals surface area contributed by atoms with E-state index in [0.29, 0.717) is 0 Å². The fraction of sp³-hybridized carbons (Fsp3) is 0.500. The Balaban J connectivity index is 2.67. The van der Waals surface area contributed by atoms with Crippen LogP contribution in [0, 0.1) is 20.9 Å². The lowest BCUT2D eigenvalue weighted by Crippen LogP contribution is -2.77. The fourth-order valence-corrected chi connectivity index (χ4v) is 1.19. The summed E-state index contributed by atoms with van der Waals surface area (Å²) in [6.45, 7) is 5.11. The lowest BCUT2D eigenvalue weighted by molar-refractivity contribution is -0.594. The predicted molar refractivity (Wildman–Crippen MR) is 43.9 cm³/mol. The number of nitrogens with one attached hydrogen (secondary N) is 1. The van der Waals surface area contributed by atoms with Crippen molar-refractivity contribution in [2.24, 2.45) is 0 Å². The number of H-pyrrole nitrogens is 1. The van der Waals surface area contributed by atoms with Crippen molar-refractivity contribution in [3.8, 4) is 0 Å². The van der Waals surface area contributed by atoms with Crippen molar-refractivity contribution < 1.29 is 5.32 Å². The van der Waals surface area contributed by atoms with Crippen LogP contribution in [0.15, 0.2) is 0 Å². The number of nitrogens with zero attached hydrogens (tertiary/aromatic N) is 1. The highest BCUT2D eigenvalue weighted by Crippen LogP contribution is 2.08. The van der Waals surface area contributed by atoms with Gasteiger partial charge in [0.15, 0.2) is 0 Å². The molecule has 62 valence electrons. The van der Waals surface area contributed by atoms with Crippen LogP contribution >= 0.6 is 0 Å². The van der Waals surface area contributed by atoms with Crippen molar-refractivity contribution in [3.63, 3.8) is 0 Å². The van der Waals surface area contributed by atoms with Crippen molar-refractivity contribution >= 4 is 0 Å². The SMILES string of the molecule is [CH2-][NH2+]CCc1c(C)n[nH]c1C. The third-order valence-corrected chi connectivity index (χ3v) is 1.88. The van der Waals surface area contributed by atoms with Crippen LogP contribution in [-0.4, -0.2) is 16.7 Å². The third kappa shape index (κ3) is 1.80. The molecule has 0 saturated carbocycles. The molecule has 0 spiro atoms. The summed E-state index contributed by atoms with van der Waals surface area (Å²) < 4.78 is 0. The highest BCUT2D eigenvalue weighted by Gasteiger charge is 2.04. The van der Waals surface area contributed by atoms with E-state index in [1.54, 1.807) is 0 Å². The third-order valence-electron chi connectivity index (χ3n) is 1.88. The number of hydrogen-bond acceptors (Lipinski definition) is 1. The second kappa shape index (κ2) is 3.53. The molecule has 1 aromatic rings. The minimum Gasteiger partial charge on any atom is -0.479 e. The molecule has 0 saturated heterocycles. The van der Waals surface area contributed by atoms with E-state index in [4.69, 9.17) is 0 Å². The first-order valence-corrected chi connectivity index (χ1v) is 3.87. The standard InChI is InChI=1S/C8H15N3/c1-6-8(4-5-9-3)7(2)11-10-6/h3-5,9H2,1-2H3,(H,10,11). The summed E-state index contributed by atoms with van der Waals surface area (Å²) in [6.07, 6.45) is 1.05. The summed E-state index contributed by atoms with van der Waals surface area (Å²) in [5.74, 6) is 0. The summed E-state index contributed by atoms with van der Waals surface area (Å²) in [5, 5.41) is 9.01. The van der Waals surface area contributed by atoms with E-state index in [1.807, 2.05) is 12.2 Å². The Morgan fingerprint density at radius 1 is 1.55 bits per heavy atom. The van der Waals surface area contributed by atoms with Gasteiger partial charge in [-0.25, -0.2) is 0 Å². The number of quaternary nitrogens is 1. The molecule has 3 N–H and O–H groups in total. The Kier molecular flexibility index (Phi) is 2.65. The van der Waals surface area contributed by atoms with Crippen LogP contribution in [-0.2, 0) is 6.42 Å². The van der Waals surface area contributed by atoms with Gasteiger partial charge in [0.1, 0.15) is 0 Å². The number of hydrogen-bond donors (Lipinski definition) is 2. The number of rotatable bonds is 3. The monoisotopic (exact) mass is 153 g/mol. The molecule has 0 aromatic carbocycles. The zero-order chi connectivity index (χ0) is 8.27. The zero-order valence-corrected chi connectivity index (χ0v) is 7.15. The van der Waals surface area contributed by atoms with Crippen LogP contribution in [0.2, 0.25) is 0 Å².